The summed E-state index contributed by atoms with van der Waals surface area (Å²) in [7, 11) is 0. The predicted molar refractivity (Wildman–Crippen MR) is 95.4 cm³/mol. The van der Waals surface area contributed by atoms with E-state index in [9.17, 15) is 29.1 Å². The molecule has 158 valence electrons. The first-order chi connectivity index (χ1) is 12.9. The zero-order valence-corrected chi connectivity index (χ0v) is 15.0. The highest BCUT2D eigenvalue weighted by Gasteiger charge is 2.29. The third-order valence-corrected chi connectivity index (χ3v) is 3.33. The minimum atomic E-state index is -1.61. The molecule has 0 bridgehead atoms. The van der Waals surface area contributed by atoms with Crippen molar-refractivity contribution in [2.45, 2.75) is 43.8 Å². The number of guanidine groups is 1. The molecule has 14 heteroatoms. The number of nitrogens with one attached hydrogen (secondary N) is 2. The summed E-state index contributed by atoms with van der Waals surface area (Å²) in [6.07, 6.45) is -1.18. The van der Waals surface area contributed by atoms with Crippen molar-refractivity contribution in [2.24, 2.45) is 27.9 Å². The molecule has 0 saturated carbocycles. The zero-order chi connectivity index (χ0) is 21.9. The fraction of sp³-hybridized carbons (Fsp3) is 0.571. The number of carboxylic acid groups (broad SMARTS) is 2. The van der Waals surface area contributed by atoms with Gasteiger partial charge in [-0.15, -0.1) is 0 Å². The molecular formula is C14H25N7O7. The third kappa shape index (κ3) is 10.5. The van der Waals surface area contributed by atoms with Crippen LogP contribution in [0.3, 0.4) is 0 Å². The lowest BCUT2D eigenvalue weighted by molar-refractivity contribution is -0.143. The van der Waals surface area contributed by atoms with Gasteiger partial charge in [-0.2, -0.15) is 0 Å². The molecule has 0 aromatic heterocycles. The molecule has 0 spiro atoms. The summed E-state index contributed by atoms with van der Waals surface area (Å²) >= 11 is 0. The number of primary amides is 1. The lowest BCUT2D eigenvalue weighted by atomic mass is 10.1. The molecule has 0 fully saturated rings. The lowest BCUT2D eigenvalue weighted by Crippen LogP contribution is -2.55. The fourth-order valence-electron chi connectivity index (χ4n) is 2.01. The quantitative estimate of drug-likeness (QED) is 0.0833. The number of aliphatic imine (C=N–C) groups is 1. The van der Waals surface area contributed by atoms with Gasteiger partial charge in [0.1, 0.15) is 12.1 Å². The van der Waals surface area contributed by atoms with Crippen molar-refractivity contribution in [3.05, 3.63) is 0 Å². The van der Waals surface area contributed by atoms with Gasteiger partial charge in [-0.1, -0.05) is 0 Å². The number of hydrogen-bond acceptors (Lipinski definition) is 7. The molecule has 0 aromatic carbocycles. The van der Waals surface area contributed by atoms with Crippen LogP contribution in [0.15, 0.2) is 4.99 Å². The Morgan fingerprint density at radius 3 is 1.93 bits per heavy atom. The number of hydrogen-bond donors (Lipinski definition) is 8. The van der Waals surface area contributed by atoms with Crippen molar-refractivity contribution in [1.29, 1.82) is 0 Å². The average Bonchev–Trinajstić information content (AvgIpc) is 2.55. The number of amides is 3. The third-order valence-electron chi connectivity index (χ3n) is 3.33. The summed E-state index contributed by atoms with van der Waals surface area (Å²) in [4.78, 5) is 60.9. The van der Waals surface area contributed by atoms with Gasteiger partial charge >= 0.3 is 11.9 Å². The molecule has 0 aromatic rings. The monoisotopic (exact) mass is 403 g/mol. The Labute approximate surface area is 159 Å². The van der Waals surface area contributed by atoms with Gasteiger partial charge in [-0.05, 0) is 12.8 Å². The summed E-state index contributed by atoms with van der Waals surface area (Å²) in [5.41, 5.74) is 20.6. The number of carbonyl (C=O) groups is 5. The normalized spacial score (nSPS) is 13.5. The van der Waals surface area contributed by atoms with E-state index < -0.39 is 60.6 Å². The molecule has 3 atom stereocenters. The highest BCUT2D eigenvalue weighted by molar-refractivity contribution is 5.95. The lowest BCUT2D eigenvalue weighted by Gasteiger charge is -2.21. The van der Waals surface area contributed by atoms with E-state index in [0.717, 1.165) is 0 Å². The SMILES string of the molecule is NC(=O)CC(N)C(=O)NC(CC(=O)O)C(=O)NC(CCCN=C(N)N)C(=O)O. The summed E-state index contributed by atoms with van der Waals surface area (Å²) in [6, 6.07) is -4.37. The molecule has 0 aliphatic carbocycles. The second kappa shape index (κ2) is 12.1. The van der Waals surface area contributed by atoms with Crippen LogP contribution >= 0.6 is 0 Å². The van der Waals surface area contributed by atoms with Crippen LogP contribution in [-0.2, 0) is 24.0 Å². The highest BCUT2D eigenvalue weighted by atomic mass is 16.4. The van der Waals surface area contributed by atoms with E-state index >= 15 is 0 Å². The van der Waals surface area contributed by atoms with Crippen LogP contribution in [0.1, 0.15) is 25.7 Å². The van der Waals surface area contributed by atoms with Gasteiger partial charge in [-0.3, -0.25) is 24.2 Å². The number of rotatable bonds is 13. The fourth-order valence-corrected chi connectivity index (χ4v) is 2.01. The van der Waals surface area contributed by atoms with Crippen LogP contribution in [0.25, 0.3) is 0 Å². The molecule has 28 heavy (non-hydrogen) atoms. The van der Waals surface area contributed by atoms with Gasteiger partial charge in [-0.25, -0.2) is 4.79 Å². The number of aliphatic carboxylic acids is 2. The molecule has 0 radical (unpaired) electrons. The minimum Gasteiger partial charge on any atom is -0.481 e. The highest BCUT2D eigenvalue weighted by Crippen LogP contribution is 2.02. The Hall–Kier alpha value is -3.42. The maximum Gasteiger partial charge on any atom is 0.326 e. The standard InChI is InChI=1S/C14H25N7O7/c15-6(4-9(16)22)11(25)21-8(5-10(23)24)12(26)20-7(13(27)28)2-1-3-19-14(17)18/h6-8H,1-5,15H2,(H2,16,22)(H,20,26)(H,21,25)(H,23,24)(H,27,28)(H4,17,18,19). The number of carbonyl (C=O) groups excluding carboxylic acids is 3. The van der Waals surface area contributed by atoms with Crippen molar-refractivity contribution >= 4 is 35.6 Å². The molecule has 0 rings (SSSR count). The first-order valence-corrected chi connectivity index (χ1v) is 8.08. The minimum absolute atomic E-state index is 0.0488. The molecule has 3 amide bonds. The molecule has 0 heterocycles. The average molecular weight is 403 g/mol. The van der Waals surface area contributed by atoms with Crippen molar-refractivity contribution < 1.29 is 34.2 Å². The van der Waals surface area contributed by atoms with E-state index in [-0.39, 0.29) is 25.3 Å². The van der Waals surface area contributed by atoms with E-state index in [0.29, 0.717) is 0 Å². The predicted octanol–water partition coefficient (Wildman–Crippen LogP) is -4.23. The van der Waals surface area contributed by atoms with Crippen molar-refractivity contribution in [3.63, 3.8) is 0 Å². The second-order valence-corrected chi connectivity index (χ2v) is 5.78. The van der Waals surface area contributed by atoms with Crippen molar-refractivity contribution in [2.75, 3.05) is 6.54 Å². The Kier molecular flexibility index (Phi) is 10.6. The van der Waals surface area contributed by atoms with Crippen molar-refractivity contribution in [3.8, 4) is 0 Å². The zero-order valence-electron chi connectivity index (χ0n) is 15.0. The van der Waals surface area contributed by atoms with E-state index in [2.05, 4.69) is 15.6 Å². The Bertz CT molecular complexity index is 634. The maximum absolute atomic E-state index is 12.3. The van der Waals surface area contributed by atoms with Gasteiger partial charge < -0.3 is 43.8 Å². The topological polar surface area (TPSA) is 266 Å². The van der Waals surface area contributed by atoms with Crippen molar-refractivity contribution in [1.82, 2.24) is 10.6 Å². The van der Waals surface area contributed by atoms with Gasteiger partial charge in [0.25, 0.3) is 0 Å². The van der Waals surface area contributed by atoms with Crippen LogP contribution in [0, 0.1) is 0 Å². The Balaban J connectivity index is 5.02. The smallest absolute Gasteiger partial charge is 0.326 e. The summed E-state index contributed by atoms with van der Waals surface area (Å²) in [5, 5.41) is 22.3. The van der Waals surface area contributed by atoms with E-state index in [1.54, 1.807) is 0 Å². The molecular weight excluding hydrogens is 378 g/mol. The molecule has 0 aliphatic heterocycles. The van der Waals surface area contributed by atoms with Crippen LogP contribution < -0.4 is 33.6 Å². The summed E-state index contributed by atoms with van der Waals surface area (Å²) in [5.74, 6) is -5.87. The Morgan fingerprint density at radius 2 is 1.46 bits per heavy atom. The summed E-state index contributed by atoms with van der Waals surface area (Å²) in [6.45, 7) is 0.124. The van der Waals surface area contributed by atoms with E-state index in [1.165, 1.54) is 0 Å². The first-order valence-electron chi connectivity index (χ1n) is 8.08. The largest absolute Gasteiger partial charge is 0.481 e. The van der Waals surface area contributed by atoms with Gasteiger partial charge in [0.15, 0.2) is 5.96 Å². The second-order valence-electron chi connectivity index (χ2n) is 5.78. The van der Waals surface area contributed by atoms with Crippen LogP contribution in [-0.4, -0.2) is 70.5 Å². The first kappa shape index (κ1) is 24.6. The summed E-state index contributed by atoms with van der Waals surface area (Å²) < 4.78 is 0. The van der Waals surface area contributed by atoms with Gasteiger partial charge in [0, 0.05) is 6.54 Å². The number of carboxylic acids is 2. The van der Waals surface area contributed by atoms with E-state index in [1.807, 2.05) is 0 Å². The van der Waals surface area contributed by atoms with E-state index in [4.69, 9.17) is 28.0 Å². The molecule has 12 N–H and O–H groups in total. The molecule has 0 saturated heterocycles. The molecule has 0 aliphatic rings. The molecule has 14 nitrogen and oxygen atoms in total. The number of nitrogens with two attached hydrogens (primary N) is 4. The Morgan fingerprint density at radius 1 is 0.893 bits per heavy atom. The van der Waals surface area contributed by atoms with Crippen LogP contribution in [0.2, 0.25) is 0 Å². The number of nitrogens with zero attached hydrogens (tertiary/aromatic N) is 1. The van der Waals surface area contributed by atoms with Gasteiger partial charge in [0.2, 0.25) is 17.7 Å². The maximum atomic E-state index is 12.3. The molecule has 3 unspecified atom stereocenters. The van der Waals surface area contributed by atoms with Gasteiger partial charge in [0.05, 0.1) is 18.9 Å². The van der Waals surface area contributed by atoms with Crippen LogP contribution in [0.5, 0.6) is 0 Å². The van der Waals surface area contributed by atoms with Crippen LogP contribution in [0.4, 0.5) is 0 Å².